The molecule has 0 aromatic rings. The van der Waals surface area contributed by atoms with Crippen LogP contribution in [0.3, 0.4) is 0 Å². The molecule has 1 rings (SSSR count). The Bertz CT molecular complexity index is 158. The van der Waals surface area contributed by atoms with Crippen molar-refractivity contribution >= 4 is 10.5 Å². The van der Waals surface area contributed by atoms with Crippen LogP contribution in [0.15, 0.2) is 0 Å². The Hall–Kier alpha value is 0.0969. The minimum atomic E-state index is 0.111. The summed E-state index contributed by atoms with van der Waals surface area (Å²) in [6.45, 7) is 10.3. The minimum absolute atomic E-state index is 0.111. The van der Waals surface area contributed by atoms with Gasteiger partial charge in [0, 0.05) is 31.8 Å². The van der Waals surface area contributed by atoms with Crippen molar-refractivity contribution in [2.45, 2.75) is 32.3 Å². The third kappa shape index (κ3) is 4.55. The Morgan fingerprint density at radius 2 is 2.00 bits per heavy atom. The molecule has 0 spiro atoms. The molecule has 84 valence electrons. The number of piperazine rings is 1. The van der Waals surface area contributed by atoms with Crippen molar-refractivity contribution in [1.29, 1.82) is 0 Å². The number of nitrogens with one attached hydrogen (secondary N) is 1. The van der Waals surface area contributed by atoms with E-state index in [0.29, 0.717) is 0 Å². The first-order valence-corrected chi connectivity index (χ1v) is 6.44. The third-order valence-electron chi connectivity index (χ3n) is 3.02. The summed E-state index contributed by atoms with van der Waals surface area (Å²) in [6.07, 6.45) is 2.44. The maximum atomic E-state index is 5.54. The third-order valence-corrected chi connectivity index (χ3v) is 4.12. The van der Waals surface area contributed by atoms with Crippen LogP contribution in [-0.2, 0) is 4.43 Å². The lowest BCUT2D eigenvalue weighted by molar-refractivity contribution is 0.103. The van der Waals surface area contributed by atoms with E-state index in [-0.39, 0.29) is 5.60 Å². The summed E-state index contributed by atoms with van der Waals surface area (Å²) in [6, 6.07) is 0. The second kappa shape index (κ2) is 5.85. The van der Waals surface area contributed by atoms with Crippen LogP contribution in [-0.4, -0.2) is 53.7 Å². The topological polar surface area (TPSA) is 24.5 Å². The van der Waals surface area contributed by atoms with Gasteiger partial charge in [-0.2, -0.15) is 0 Å². The van der Waals surface area contributed by atoms with Gasteiger partial charge >= 0.3 is 0 Å². The highest BCUT2D eigenvalue weighted by atomic mass is 28.2. The second-order valence-electron chi connectivity index (χ2n) is 4.66. The van der Waals surface area contributed by atoms with Gasteiger partial charge in [0.1, 0.15) is 10.5 Å². The molecule has 3 nitrogen and oxygen atoms in total. The van der Waals surface area contributed by atoms with Gasteiger partial charge in [0.15, 0.2) is 0 Å². The molecule has 1 aliphatic rings. The molecule has 0 radical (unpaired) electrons. The van der Waals surface area contributed by atoms with Crippen LogP contribution in [0.2, 0.25) is 0 Å². The van der Waals surface area contributed by atoms with E-state index in [9.17, 15) is 0 Å². The van der Waals surface area contributed by atoms with Gasteiger partial charge in [-0.3, -0.25) is 0 Å². The number of rotatable bonds is 5. The fourth-order valence-corrected chi connectivity index (χ4v) is 1.97. The molecule has 0 aromatic carbocycles. The Morgan fingerprint density at radius 3 is 2.57 bits per heavy atom. The maximum Gasteiger partial charge on any atom is 0.146 e. The SMILES string of the molecule is CC(C)(CCCN1CCNCC1)O[SiH3]. The zero-order chi connectivity index (χ0) is 10.4. The predicted molar refractivity (Wildman–Crippen MR) is 63.6 cm³/mol. The first-order valence-electron chi connectivity index (χ1n) is 5.62. The quantitative estimate of drug-likeness (QED) is 0.641. The van der Waals surface area contributed by atoms with Crippen LogP contribution in [0.5, 0.6) is 0 Å². The molecule has 14 heavy (non-hydrogen) atoms. The van der Waals surface area contributed by atoms with E-state index in [4.69, 9.17) is 4.43 Å². The van der Waals surface area contributed by atoms with Gasteiger partial charge in [-0.05, 0) is 33.2 Å². The molecule has 1 N–H and O–H groups in total. The van der Waals surface area contributed by atoms with Crippen LogP contribution < -0.4 is 5.32 Å². The van der Waals surface area contributed by atoms with Crippen molar-refractivity contribution in [1.82, 2.24) is 10.2 Å². The summed E-state index contributed by atoms with van der Waals surface area (Å²) in [7, 11) is 0.850. The van der Waals surface area contributed by atoms with E-state index in [1.165, 1.54) is 32.5 Å². The fraction of sp³-hybridized carbons (Fsp3) is 1.00. The van der Waals surface area contributed by atoms with Gasteiger partial charge in [0.2, 0.25) is 0 Å². The average molecular weight is 216 g/mol. The van der Waals surface area contributed by atoms with Crippen LogP contribution in [0.1, 0.15) is 26.7 Å². The standard InChI is InChI=1S/C10H24N2OSi/c1-10(2,13-14)4-3-7-12-8-5-11-6-9-12/h11H,3-9H2,1-2,14H3. The van der Waals surface area contributed by atoms with Gasteiger partial charge in [-0.25, -0.2) is 0 Å². The highest BCUT2D eigenvalue weighted by molar-refractivity contribution is 5.98. The van der Waals surface area contributed by atoms with Crippen molar-refractivity contribution < 1.29 is 4.43 Å². The van der Waals surface area contributed by atoms with E-state index in [1.54, 1.807) is 0 Å². The van der Waals surface area contributed by atoms with Crippen molar-refractivity contribution in [3.63, 3.8) is 0 Å². The molecule has 4 heteroatoms. The molecule has 0 aromatic heterocycles. The lowest BCUT2D eigenvalue weighted by atomic mass is 10.0. The zero-order valence-electron chi connectivity index (χ0n) is 9.81. The Kier molecular flexibility index (Phi) is 5.09. The summed E-state index contributed by atoms with van der Waals surface area (Å²) in [5.74, 6) is 0. The van der Waals surface area contributed by atoms with Crippen LogP contribution >= 0.6 is 0 Å². The highest BCUT2D eigenvalue weighted by Crippen LogP contribution is 2.15. The molecule has 1 fully saturated rings. The molecule has 0 unspecified atom stereocenters. The molecule has 0 bridgehead atoms. The zero-order valence-corrected chi connectivity index (χ0v) is 11.8. The first kappa shape index (κ1) is 12.2. The van der Waals surface area contributed by atoms with E-state index < -0.39 is 0 Å². The molecule has 1 saturated heterocycles. The van der Waals surface area contributed by atoms with Crippen LogP contribution in [0.25, 0.3) is 0 Å². The Balaban J connectivity index is 2.08. The van der Waals surface area contributed by atoms with Crippen molar-refractivity contribution in [3.8, 4) is 0 Å². The lowest BCUT2D eigenvalue weighted by Crippen LogP contribution is -2.44. The largest absolute Gasteiger partial charge is 0.423 e. The lowest BCUT2D eigenvalue weighted by Gasteiger charge is -2.29. The van der Waals surface area contributed by atoms with Gasteiger partial charge in [0.05, 0.1) is 0 Å². The minimum Gasteiger partial charge on any atom is -0.423 e. The first-order chi connectivity index (χ1) is 6.64. The predicted octanol–water partition coefficient (Wildman–Crippen LogP) is -0.253. The fourth-order valence-electron chi connectivity index (χ4n) is 1.77. The van der Waals surface area contributed by atoms with Gasteiger partial charge in [0.25, 0.3) is 0 Å². The van der Waals surface area contributed by atoms with Gasteiger partial charge in [-0.15, -0.1) is 0 Å². The summed E-state index contributed by atoms with van der Waals surface area (Å²) < 4.78 is 5.54. The Morgan fingerprint density at radius 1 is 1.36 bits per heavy atom. The number of hydrogen-bond donors (Lipinski definition) is 1. The molecular weight excluding hydrogens is 192 g/mol. The highest BCUT2D eigenvalue weighted by Gasteiger charge is 2.16. The average Bonchev–Trinajstić information content (AvgIpc) is 2.19. The maximum absolute atomic E-state index is 5.54. The van der Waals surface area contributed by atoms with E-state index in [1.807, 2.05) is 0 Å². The molecule has 0 amide bonds. The van der Waals surface area contributed by atoms with Gasteiger partial charge < -0.3 is 14.6 Å². The summed E-state index contributed by atoms with van der Waals surface area (Å²) in [5, 5.41) is 3.37. The second-order valence-corrected chi connectivity index (χ2v) is 5.07. The van der Waals surface area contributed by atoms with Crippen molar-refractivity contribution in [3.05, 3.63) is 0 Å². The smallest absolute Gasteiger partial charge is 0.146 e. The number of hydrogen-bond acceptors (Lipinski definition) is 3. The monoisotopic (exact) mass is 216 g/mol. The van der Waals surface area contributed by atoms with E-state index in [2.05, 4.69) is 24.1 Å². The van der Waals surface area contributed by atoms with Crippen molar-refractivity contribution in [2.75, 3.05) is 32.7 Å². The van der Waals surface area contributed by atoms with E-state index >= 15 is 0 Å². The molecular formula is C10H24N2OSi. The summed E-state index contributed by atoms with van der Waals surface area (Å²) in [5.41, 5.74) is 0.111. The summed E-state index contributed by atoms with van der Waals surface area (Å²) in [4.78, 5) is 2.54. The molecule has 0 saturated carbocycles. The molecule has 0 aliphatic carbocycles. The molecule has 1 aliphatic heterocycles. The van der Waals surface area contributed by atoms with E-state index in [0.717, 1.165) is 23.6 Å². The van der Waals surface area contributed by atoms with Crippen LogP contribution in [0, 0.1) is 0 Å². The van der Waals surface area contributed by atoms with Crippen molar-refractivity contribution in [2.24, 2.45) is 0 Å². The summed E-state index contributed by atoms with van der Waals surface area (Å²) >= 11 is 0. The van der Waals surface area contributed by atoms with Gasteiger partial charge in [-0.1, -0.05) is 0 Å². The molecule has 1 heterocycles. The number of nitrogens with zero attached hydrogens (tertiary/aromatic N) is 1. The Labute approximate surface area is 90.7 Å². The normalized spacial score (nSPS) is 20.1. The molecule has 0 atom stereocenters. The van der Waals surface area contributed by atoms with Crippen LogP contribution in [0.4, 0.5) is 0 Å².